The Labute approximate surface area is 121 Å². The zero-order valence-corrected chi connectivity index (χ0v) is 13.1. The molecule has 5 nitrogen and oxygen atoms in total. The number of nitrogens with zero attached hydrogens (tertiary/aromatic N) is 1. The van der Waals surface area contributed by atoms with Gasteiger partial charge in [0.2, 0.25) is 0 Å². The summed E-state index contributed by atoms with van der Waals surface area (Å²) in [5.74, 6) is 1.67. The van der Waals surface area contributed by atoms with E-state index in [2.05, 4.69) is 26.1 Å². The lowest BCUT2D eigenvalue weighted by molar-refractivity contribution is 0.169. The van der Waals surface area contributed by atoms with Gasteiger partial charge < -0.3 is 19.7 Å². The number of hydrogen-bond acceptors (Lipinski definition) is 3. The lowest BCUT2D eigenvalue weighted by Gasteiger charge is -2.31. The molecule has 0 saturated heterocycles. The van der Waals surface area contributed by atoms with Crippen molar-refractivity contribution in [1.29, 1.82) is 0 Å². The van der Waals surface area contributed by atoms with Crippen LogP contribution in [-0.2, 0) is 6.42 Å². The van der Waals surface area contributed by atoms with Crippen LogP contribution >= 0.6 is 0 Å². The molecule has 0 fully saturated rings. The Morgan fingerprint density at radius 2 is 2.10 bits per heavy atom. The maximum Gasteiger partial charge on any atom is 0.317 e. The van der Waals surface area contributed by atoms with Crippen molar-refractivity contribution < 1.29 is 14.3 Å². The Balaban J connectivity index is 2.88. The van der Waals surface area contributed by atoms with Crippen LogP contribution in [0.15, 0.2) is 16.5 Å². The highest BCUT2D eigenvalue weighted by Gasteiger charge is 2.31. The highest BCUT2D eigenvalue weighted by Crippen LogP contribution is 2.33. The van der Waals surface area contributed by atoms with Gasteiger partial charge >= 0.3 is 6.03 Å². The van der Waals surface area contributed by atoms with Crippen LogP contribution in [0.2, 0.25) is 0 Å². The summed E-state index contributed by atoms with van der Waals surface area (Å²) in [6.45, 7) is 8.45. The van der Waals surface area contributed by atoms with Crippen LogP contribution in [0.25, 0.3) is 0 Å². The fourth-order valence-corrected chi connectivity index (χ4v) is 1.94. The number of carbonyl (C=O) groups excluding carboxylic acids is 1. The van der Waals surface area contributed by atoms with Crippen molar-refractivity contribution in [2.45, 2.75) is 40.2 Å². The second kappa shape index (κ2) is 6.79. The maximum atomic E-state index is 12.1. The molecule has 0 saturated carbocycles. The van der Waals surface area contributed by atoms with E-state index in [0.717, 1.165) is 17.9 Å². The van der Waals surface area contributed by atoms with E-state index in [1.165, 1.54) is 4.90 Å². The van der Waals surface area contributed by atoms with Crippen molar-refractivity contribution in [3.63, 3.8) is 0 Å². The van der Waals surface area contributed by atoms with E-state index in [1.807, 2.05) is 19.1 Å². The predicted octanol–water partition coefficient (Wildman–Crippen LogP) is 2.56. The van der Waals surface area contributed by atoms with Gasteiger partial charge in [-0.3, -0.25) is 0 Å². The number of rotatable bonds is 5. The first-order chi connectivity index (χ1) is 9.29. The number of furan rings is 1. The second-order valence-corrected chi connectivity index (χ2v) is 6.05. The van der Waals surface area contributed by atoms with Crippen molar-refractivity contribution in [1.82, 2.24) is 10.2 Å². The smallest absolute Gasteiger partial charge is 0.317 e. The van der Waals surface area contributed by atoms with Crippen molar-refractivity contribution in [2.75, 3.05) is 20.2 Å². The highest BCUT2D eigenvalue weighted by atomic mass is 16.3. The molecule has 0 aromatic carbocycles. The Morgan fingerprint density at radius 1 is 1.45 bits per heavy atom. The van der Waals surface area contributed by atoms with Gasteiger partial charge in [-0.25, -0.2) is 4.79 Å². The molecule has 1 rings (SSSR count). The summed E-state index contributed by atoms with van der Waals surface area (Å²) in [6.07, 6.45) is 0.829. The minimum absolute atomic E-state index is 0.0508. The normalized spacial score (nSPS) is 13.1. The number of nitrogens with one attached hydrogen (secondary N) is 1. The van der Waals surface area contributed by atoms with Gasteiger partial charge in [-0.05, 0) is 17.5 Å². The van der Waals surface area contributed by atoms with Crippen molar-refractivity contribution in [3.05, 3.63) is 23.7 Å². The van der Waals surface area contributed by atoms with Crippen molar-refractivity contribution in [2.24, 2.45) is 5.41 Å². The van der Waals surface area contributed by atoms with Crippen LogP contribution in [0, 0.1) is 5.41 Å². The van der Waals surface area contributed by atoms with Crippen LogP contribution < -0.4 is 5.32 Å². The van der Waals surface area contributed by atoms with E-state index in [1.54, 1.807) is 7.05 Å². The third kappa shape index (κ3) is 4.27. The number of aryl methyl sites for hydroxylation is 1. The molecular formula is C15H26N2O3. The standard InChI is InChI=1S/C15H26N2O3/c1-6-11-7-8-12(20-11)13(15(2,3)4)16-14(19)17(5)9-10-18/h7-8,13,18H,6,9-10H2,1-5H3,(H,16,19). The quantitative estimate of drug-likeness (QED) is 0.872. The largest absolute Gasteiger partial charge is 0.464 e. The molecule has 0 aliphatic heterocycles. The van der Waals surface area contributed by atoms with E-state index in [-0.39, 0.29) is 24.1 Å². The minimum atomic E-state index is -0.214. The number of likely N-dealkylation sites (N-methyl/N-ethyl adjacent to an activating group) is 1. The number of amides is 2. The molecule has 0 aliphatic carbocycles. The molecule has 1 unspecified atom stereocenters. The summed E-state index contributed by atoms with van der Waals surface area (Å²) in [7, 11) is 1.66. The van der Waals surface area contributed by atoms with Gasteiger partial charge in [0.05, 0.1) is 12.6 Å². The predicted molar refractivity (Wildman–Crippen MR) is 78.5 cm³/mol. The van der Waals surface area contributed by atoms with Crippen LogP contribution in [0.4, 0.5) is 4.79 Å². The van der Waals surface area contributed by atoms with Crippen LogP contribution in [0.1, 0.15) is 45.3 Å². The Bertz CT molecular complexity index is 435. The molecule has 5 heteroatoms. The van der Waals surface area contributed by atoms with Gasteiger partial charge in [-0.15, -0.1) is 0 Å². The molecule has 1 aromatic rings. The highest BCUT2D eigenvalue weighted by molar-refractivity contribution is 5.74. The fourth-order valence-electron chi connectivity index (χ4n) is 1.94. The van der Waals surface area contributed by atoms with Crippen molar-refractivity contribution in [3.8, 4) is 0 Å². The summed E-state index contributed by atoms with van der Waals surface area (Å²) in [4.78, 5) is 13.6. The number of aliphatic hydroxyl groups is 1. The first-order valence-electron chi connectivity index (χ1n) is 7.00. The number of urea groups is 1. The van der Waals surface area contributed by atoms with E-state index in [0.29, 0.717) is 6.54 Å². The molecular weight excluding hydrogens is 256 g/mol. The van der Waals surface area contributed by atoms with E-state index < -0.39 is 0 Å². The van der Waals surface area contributed by atoms with Gasteiger partial charge in [0, 0.05) is 20.0 Å². The van der Waals surface area contributed by atoms with Gasteiger partial charge in [0.25, 0.3) is 0 Å². The van der Waals surface area contributed by atoms with Crippen molar-refractivity contribution >= 4 is 6.03 Å². The molecule has 2 N–H and O–H groups in total. The third-order valence-electron chi connectivity index (χ3n) is 3.23. The molecule has 114 valence electrons. The van der Waals surface area contributed by atoms with Gasteiger partial charge in [0.15, 0.2) is 0 Å². The van der Waals surface area contributed by atoms with E-state index >= 15 is 0 Å². The zero-order chi connectivity index (χ0) is 15.3. The topological polar surface area (TPSA) is 65.7 Å². The Morgan fingerprint density at radius 3 is 2.55 bits per heavy atom. The van der Waals surface area contributed by atoms with Crippen LogP contribution in [-0.4, -0.2) is 36.2 Å². The van der Waals surface area contributed by atoms with Crippen LogP contribution in [0.3, 0.4) is 0 Å². The summed E-state index contributed by atoms with van der Waals surface area (Å²) in [5, 5.41) is 11.9. The number of carbonyl (C=O) groups is 1. The molecule has 1 aromatic heterocycles. The first-order valence-corrected chi connectivity index (χ1v) is 7.00. The van der Waals surface area contributed by atoms with E-state index in [4.69, 9.17) is 9.52 Å². The molecule has 0 radical (unpaired) electrons. The summed E-state index contributed by atoms with van der Waals surface area (Å²) in [5.41, 5.74) is -0.168. The summed E-state index contributed by atoms with van der Waals surface area (Å²) < 4.78 is 5.78. The average Bonchev–Trinajstić information content (AvgIpc) is 2.82. The summed E-state index contributed by atoms with van der Waals surface area (Å²) >= 11 is 0. The average molecular weight is 282 g/mol. The molecule has 0 bridgehead atoms. The van der Waals surface area contributed by atoms with E-state index in [9.17, 15) is 4.79 Å². The molecule has 0 spiro atoms. The SMILES string of the molecule is CCc1ccc(C(NC(=O)N(C)CCO)C(C)(C)C)o1. The zero-order valence-electron chi connectivity index (χ0n) is 13.1. The molecule has 1 heterocycles. The Kier molecular flexibility index (Phi) is 5.62. The fraction of sp³-hybridized carbons (Fsp3) is 0.667. The number of aliphatic hydroxyl groups excluding tert-OH is 1. The van der Waals surface area contributed by atoms with Gasteiger partial charge in [0.1, 0.15) is 11.5 Å². The molecule has 0 aliphatic rings. The minimum Gasteiger partial charge on any atom is -0.464 e. The van der Waals surface area contributed by atoms with Crippen LogP contribution in [0.5, 0.6) is 0 Å². The molecule has 2 amide bonds. The number of hydrogen-bond donors (Lipinski definition) is 2. The molecule has 20 heavy (non-hydrogen) atoms. The van der Waals surface area contributed by atoms with Gasteiger partial charge in [-0.2, -0.15) is 0 Å². The lowest BCUT2D eigenvalue weighted by atomic mass is 9.85. The Hall–Kier alpha value is -1.49. The maximum absolute atomic E-state index is 12.1. The lowest BCUT2D eigenvalue weighted by Crippen LogP contribution is -2.44. The second-order valence-electron chi connectivity index (χ2n) is 6.05. The first kappa shape index (κ1) is 16.6. The summed E-state index contributed by atoms with van der Waals surface area (Å²) in [6, 6.07) is 3.43. The molecule has 1 atom stereocenters. The van der Waals surface area contributed by atoms with Gasteiger partial charge in [-0.1, -0.05) is 27.7 Å². The third-order valence-corrected chi connectivity index (χ3v) is 3.23. The monoisotopic (exact) mass is 282 g/mol.